The van der Waals surface area contributed by atoms with Gasteiger partial charge in [0.2, 0.25) is 0 Å². The molecule has 0 unspecified atom stereocenters. The van der Waals surface area contributed by atoms with E-state index in [0.29, 0.717) is 6.61 Å². The molecule has 12 heavy (non-hydrogen) atoms. The summed E-state index contributed by atoms with van der Waals surface area (Å²) in [5, 5.41) is 0. The molecular weight excluding hydrogens is 216 g/mol. The summed E-state index contributed by atoms with van der Waals surface area (Å²) in [6.45, 7) is 4.88. The van der Waals surface area contributed by atoms with Crippen molar-refractivity contribution in [2.45, 2.75) is 20.5 Å². The van der Waals surface area contributed by atoms with Crippen LogP contribution in [0.25, 0.3) is 0 Å². The number of aryl methyl sites for hydroxylation is 2. The first-order chi connectivity index (χ1) is 5.65. The molecule has 0 aliphatic heterocycles. The number of methoxy groups -OCH3 is 1. The van der Waals surface area contributed by atoms with Crippen molar-refractivity contribution in [3.8, 4) is 0 Å². The number of hydrogen-bond donors (Lipinski definition) is 0. The van der Waals surface area contributed by atoms with Gasteiger partial charge in [-0.05, 0) is 36.6 Å². The minimum absolute atomic E-state index is 0.685. The maximum absolute atomic E-state index is 5.08. The summed E-state index contributed by atoms with van der Waals surface area (Å²) in [4.78, 5) is 0. The fraction of sp³-hybridized carbons (Fsp3) is 0.400. The van der Waals surface area contributed by atoms with E-state index in [1.807, 2.05) is 0 Å². The van der Waals surface area contributed by atoms with Gasteiger partial charge in [0, 0.05) is 11.6 Å². The SMILES string of the molecule is COCc1cc(Br)c(C)cc1C. The van der Waals surface area contributed by atoms with Crippen LogP contribution < -0.4 is 0 Å². The number of rotatable bonds is 2. The van der Waals surface area contributed by atoms with E-state index in [4.69, 9.17) is 4.74 Å². The third-order valence-electron chi connectivity index (χ3n) is 1.92. The van der Waals surface area contributed by atoms with E-state index in [2.05, 4.69) is 41.9 Å². The highest BCUT2D eigenvalue weighted by atomic mass is 79.9. The molecule has 1 aromatic carbocycles. The van der Waals surface area contributed by atoms with E-state index in [1.54, 1.807) is 7.11 Å². The Morgan fingerprint density at radius 3 is 2.50 bits per heavy atom. The van der Waals surface area contributed by atoms with Crippen molar-refractivity contribution in [3.63, 3.8) is 0 Å². The van der Waals surface area contributed by atoms with Gasteiger partial charge in [0.15, 0.2) is 0 Å². The van der Waals surface area contributed by atoms with Crippen LogP contribution in [0.4, 0.5) is 0 Å². The first-order valence-corrected chi connectivity index (χ1v) is 4.69. The van der Waals surface area contributed by atoms with Gasteiger partial charge in [-0.3, -0.25) is 0 Å². The lowest BCUT2D eigenvalue weighted by molar-refractivity contribution is 0.184. The topological polar surface area (TPSA) is 9.23 Å². The Morgan fingerprint density at radius 1 is 1.25 bits per heavy atom. The van der Waals surface area contributed by atoms with Crippen LogP contribution in [0.15, 0.2) is 16.6 Å². The van der Waals surface area contributed by atoms with Gasteiger partial charge in [-0.15, -0.1) is 0 Å². The van der Waals surface area contributed by atoms with Crippen LogP contribution in [-0.4, -0.2) is 7.11 Å². The van der Waals surface area contributed by atoms with E-state index in [0.717, 1.165) is 4.47 Å². The first-order valence-electron chi connectivity index (χ1n) is 3.89. The van der Waals surface area contributed by atoms with Crippen molar-refractivity contribution < 1.29 is 4.74 Å². The Kier molecular flexibility index (Phi) is 3.29. The fourth-order valence-corrected chi connectivity index (χ4v) is 1.57. The molecule has 0 atom stereocenters. The maximum Gasteiger partial charge on any atom is 0.0716 e. The summed E-state index contributed by atoms with van der Waals surface area (Å²) in [6.07, 6.45) is 0. The minimum Gasteiger partial charge on any atom is -0.380 e. The van der Waals surface area contributed by atoms with Crippen LogP contribution >= 0.6 is 15.9 Å². The Bertz CT molecular complexity index is 281. The smallest absolute Gasteiger partial charge is 0.0716 e. The molecule has 1 nitrogen and oxygen atoms in total. The molecule has 0 amide bonds. The van der Waals surface area contributed by atoms with Gasteiger partial charge in [0.05, 0.1) is 6.61 Å². The third-order valence-corrected chi connectivity index (χ3v) is 2.77. The maximum atomic E-state index is 5.08. The lowest BCUT2D eigenvalue weighted by Crippen LogP contribution is -1.92. The number of benzene rings is 1. The normalized spacial score (nSPS) is 10.3. The van der Waals surface area contributed by atoms with E-state index < -0.39 is 0 Å². The standard InChI is InChI=1S/C10H13BrO/c1-7-4-8(2)10(11)5-9(7)6-12-3/h4-5H,6H2,1-3H3. The third kappa shape index (κ3) is 2.08. The van der Waals surface area contributed by atoms with Crippen molar-refractivity contribution in [2.75, 3.05) is 7.11 Å². The molecule has 0 bridgehead atoms. The molecule has 1 aromatic rings. The molecule has 0 radical (unpaired) electrons. The number of hydrogen-bond acceptors (Lipinski definition) is 1. The molecule has 0 aromatic heterocycles. The fourth-order valence-electron chi connectivity index (χ4n) is 1.18. The molecular formula is C10H13BrO. The van der Waals surface area contributed by atoms with E-state index in [-0.39, 0.29) is 0 Å². The largest absolute Gasteiger partial charge is 0.380 e. The number of halogens is 1. The average Bonchev–Trinajstić information content (AvgIpc) is 2.01. The Morgan fingerprint density at radius 2 is 1.92 bits per heavy atom. The minimum atomic E-state index is 0.685. The van der Waals surface area contributed by atoms with Crippen LogP contribution in [0, 0.1) is 13.8 Å². The molecule has 0 heterocycles. The predicted octanol–water partition coefficient (Wildman–Crippen LogP) is 3.21. The second-order valence-electron chi connectivity index (χ2n) is 2.96. The summed E-state index contributed by atoms with van der Waals surface area (Å²) in [5.41, 5.74) is 3.81. The Balaban J connectivity index is 3.05. The first kappa shape index (κ1) is 9.75. The summed E-state index contributed by atoms with van der Waals surface area (Å²) >= 11 is 3.49. The van der Waals surface area contributed by atoms with Crippen molar-refractivity contribution in [2.24, 2.45) is 0 Å². The summed E-state index contributed by atoms with van der Waals surface area (Å²) in [5.74, 6) is 0. The lowest BCUT2D eigenvalue weighted by Gasteiger charge is -2.07. The molecule has 0 saturated heterocycles. The summed E-state index contributed by atoms with van der Waals surface area (Å²) in [6, 6.07) is 4.28. The van der Waals surface area contributed by atoms with E-state index >= 15 is 0 Å². The predicted molar refractivity (Wildman–Crippen MR) is 54.3 cm³/mol. The van der Waals surface area contributed by atoms with Gasteiger partial charge >= 0.3 is 0 Å². The Hall–Kier alpha value is -0.340. The van der Waals surface area contributed by atoms with Crippen molar-refractivity contribution >= 4 is 15.9 Å². The molecule has 2 heteroatoms. The zero-order chi connectivity index (χ0) is 9.14. The van der Waals surface area contributed by atoms with E-state index in [1.165, 1.54) is 16.7 Å². The van der Waals surface area contributed by atoms with Gasteiger partial charge in [0.1, 0.15) is 0 Å². The molecule has 0 spiro atoms. The average molecular weight is 229 g/mol. The summed E-state index contributed by atoms with van der Waals surface area (Å²) < 4.78 is 6.24. The lowest BCUT2D eigenvalue weighted by atomic mass is 10.1. The number of ether oxygens (including phenoxy) is 1. The molecule has 0 N–H and O–H groups in total. The van der Waals surface area contributed by atoms with E-state index in [9.17, 15) is 0 Å². The van der Waals surface area contributed by atoms with Gasteiger partial charge in [0.25, 0.3) is 0 Å². The monoisotopic (exact) mass is 228 g/mol. The van der Waals surface area contributed by atoms with Crippen LogP contribution in [0.1, 0.15) is 16.7 Å². The molecule has 0 aliphatic carbocycles. The van der Waals surface area contributed by atoms with Crippen LogP contribution in [0.2, 0.25) is 0 Å². The Labute approximate surface area is 81.9 Å². The van der Waals surface area contributed by atoms with Crippen molar-refractivity contribution in [1.29, 1.82) is 0 Å². The zero-order valence-electron chi connectivity index (χ0n) is 7.65. The van der Waals surface area contributed by atoms with Crippen LogP contribution in [0.3, 0.4) is 0 Å². The van der Waals surface area contributed by atoms with Gasteiger partial charge in [-0.1, -0.05) is 22.0 Å². The second kappa shape index (κ2) is 4.06. The van der Waals surface area contributed by atoms with Crippen LogP contribution in [-0.2, 0) is 11.3 Å². The summed E-state index contributed by atoms with van der Waals surface area (Å²) in [7, 11) is 1.72. The second-order valence-corrected chi connectivity index (χ2v) is 3.82. The van der Waals surface area contributed by atoms with Crippen molar-refractivity contribution in [3.05, 3.63) is 33.3 Å². The van der Waals surface area contributed by atoms with Crippen molar-refractivity contribution in [1.82, 2.24) is 0 Å². The van der Waals surface area contributed by atoms with Gasteiger partial charge < -0.3 is 4.74 Å². The molecule has 66 valence electrons. The van der Waals surface area contributed by atoms with Gasteiger partial charge in [-0.2, -0.15) is 0 Å². The van der Waals surface area contributed by atoms with Gasteiger partial charge in [-0.25, -0.2) is 0 Å². The van der Waals surface area contributed by atoms with Crippen LogP contribution in [0.5, 0.6) is 0 Å². The molecule has 0 saturated carbocycles. The molecule has 0 fully saturated rings. The highest BCUT2D eigenvalue weighted by molar-refractivity contribution is 9.10. The highest BCUT2D eigenvalue weighted by Crippen LogP contribution is 2.21. The molecule has 0 aliphatic rings. The molecule has 1 rings (SSSR count). The highest BCUT2D eigenvalue weighted by Gasteiger charge is 2.01. The zero-order valence-corrected chi connectivity index (χ0v) is 9.23. The quantitative estimate of drug-likeness (QED) is 0.756.